The molecule has 30 heavy (non-hydrogen) atoms. The molecule has 0 fully saturated rings. The molecular formula is C23H19BF2N4. The molecule has 0 bridgehead atoms. The number of halogens is 2. The van der Waals surface area contributed by atoms with Crippen LogP contribution in [0.15, 0.2) is 58.2 Å². The Bertz CT molecular complexity index is 1200. The van der Waals surface area contributed by atoms with Gasteiger partial charge in [0.25, 0.3) is 0 Å². The maximum Gasteiger partial charge on any atom is 0.677 e. The highest BCUT2D eigenvalue weighted by molar-refractivity contribution is 6.41. The first kappa shape index (κ1) is 21.0. The Morgan fingerprint density at radius 2 is 1.70 bits per heavy atom. The van der Waals surface area contributed by atoms with Crippen LogP contribution in [0.5, 0.6) is 0 Å². The summed E-state index contributed by atoms with van der Waals surface area (Å²) in [5.41, 5.74) is 5.17. The van der Waals surface area contributed by atoms with E-state index in [9.17, 15) is 8.63 Å². The van der Waals surface area contributed by atoms with Crippen LogP contribution in [0.25, 0.3) is 11.6 Å². The van der Waals surface area contributed by atoms with E-state index in [2.05, 4.69) is 4.99 Å². The quantitative estimate of drug-likeness (QED) is 0.503. The third kappa shape index (κ3) is 3.63. The monoisotopic (exact) mass is 400 g/mol. The summed E-state index contributed by atoms with van der Waals surface area (Å²) in [6, 6.07) is 12.9. The number of nitriles is 2. The number of aliphatic imine (C=N–C) groups is 1. The third-order valence-electron chi connectivity index (χ3n) is 5.10. The van der Waals surface area contributed by atoms with Crippen molar-refractivity contribution in [2.75, 3.05) is 0 Å². The second-order valence-electron chi connectivity index (χ2n) is 7.07. The van der Waals surface area contributed by atoms with E-state index >= 15 is 0 Å². The topological polar surface area (TPSA) is 64.9 Å². The lowest BCUT2D eigenvalue weighted by Gasteiger charge is -2.16. The molecule has 1 aromatic heterocycles. The van der Waals surface area contributed by atoms with Crippen molar-refractivity contribution >= 4 is 24.8 Å². The zero-order chi connectivity index (χ0) is 22.0. The summed E-state index contributed by atoms with van der Waals surface area (Å²) in [6.07, 6.45) is 3.28. The van der Waals surface area contributed by atoms with Crippen molar-refractivity contribution in [1.29, 1.82) is 10.5 Å². The number of allylic oxidation sites excluding steroid dienone is 3. The molecule has 0 atom stereocenters. The van der Waals surface area contributed by atoms with Crippen molar-refractivity contribution < 1.29 is 8.63 Å². The first-order chi connectivity index (χ1) is 14.3. The highest BCUT2D eigenvalue weighted by Gasteiger charge is 2.31. The van der Waals surface area contributed by atoms with Gasteiger partial charge in [-0.25, -0.2) is 0 Å². The summed E-state index contributed by atoms with van der Waals surface area (Å²) < 4.78 is 29.5. The SMILES string of the molecule is CC1=CC(C)=N/C1=C(/c1ccccc1)c1c(C)c(C=C(C#N)C#N)c(C)n1B(F)F. The van der Waals surface area contributed by atoms with Crippen molar-refractivity contribution in [3.8, 4) is 12.1 Å². The number of benzene rings is 1. The van der Waals surface area contributed by atoms with Gasteiger partial charge in [0.2, 0.25) is 0 Å². The lowest BCUT2D eigenvalue weighted by atomic mass is 9.94. The standard InChI is InChI=1S/C23H19BF2N4/c1-14-10-15(2)29-22(14)21(19-8-6-5-7-9-19)23-16(3)20(11-18(12-27)13-28)17(4)30(23)24(25)26/h5-11H,1-4H3/b22-21-. The van der Waals surface area contributed by atoms with E-state index in [1.807, 2.05) is 50.3 Å². The molecule has 0 saturated heterocycles. The Hall–Kier alpha value is -3.71. The minimum absolute atomic E-state index is 0.140. The average Bonchev–Trinajstić information content (AvgIpc) is 3.17. The Balaban J connectivity index is 2.47. The molecule has 0 spiro atoms. The van der Waals surface area contributed by atoms with Gasteiger partial charge in [0.1, 0.15) is 17.7 Å². The van der Waals surface area contributed by atoms with E-state index in [4.69, 9.17) is 10.5 Å². The average molecular weight is 400 g/mol. The van der Waals surface area contributed by atoms with Gasteiger partial charge in [-0.15, -0.1) is 0 Å². The summed E-state index contributed by atoms with van der Waals surface area (Å²) in [5, 5.41) is 18.3. The van der Waals surface area contributed by atoms with Gasteiger partial charge in [0.05, 0.1) is 5.70 Å². The van der Waals surface area contributed by atoms with Crippen LogP contribution in [-0.4, -0.2) is 17.6 Å². The highest BCUT2D eigenvalue weighted by atomic mass is 19.2. The number of nitrogens with zero attached hydrogens (tertiary/aromatic N) is 4. The summed E-state index contributed by atoms with van der Waals surface area (Å²) in [7, 11) is -2.80. The lowest BCUT2D eigenvalue weighted by Crippen LogP contribution is -2.18. The molecule has 2 heterocycles. The summed E-state index contributed by atoms with van der Waals surface area (Å²) in [5.74, 6) is 0. The molecule has 1 aromatic carbocycles. The van der Waals surface area contributed by atoms with Crippen LogP contribution in [0, 0.1) is 36.5 Å². The number of hydrogen-bond donors (Lipinski definition) is 0. The van der Waals surface area contributed by atoms with Gasteiger partial charge in [0.15, 0.2) is 0 Å². The van der Waals surface area contributed by atoms with Gasteiger partial charge in [-0.1, -0.05) is 30.3 Å². The van der Waals surface area contributed by atoms with Gasteiger partial charge in [0, 0.05) is 22.7 Å². The summed E-state index contributed by atoms with van der Waals surface area (Å²) in [6.45, 7) is 7.07. The van der Waals surface area contributed by atoms with Crippen LogP contribution in [0.1, 0.15) is 41.9 Å². The fourth-order valence-corrected chi connectivity index (χ4v) is 3.80. The van der Waals surface area contributed by atoms with Crippen LogP contribution in [0.4, 0.5) is 8.63 Å². The maximum absolute atomic E-state index is 14.3. The van der Waals surface area contributed by atoms with E-state index in [0.717, 1.165) is 21.3 Å². The molecule has 0 N–H and O–H groups in total. The Labute approximate surface area is 175 Å². The highest BCUT2D eigenvalue weighted by Crippen LogP contribution is 2.39. The Morgan fingerprint density at radius 3 is 2.20 bits per heavy atom. The predicted molar refractivity (Wildman–Crippen MR) is 116 cm³/mol. The van der Waals surface area contributed by atoms with Gasteiger partial charge in [-0.05, 0) is 62.1 Å². The van der Waals surface area contributed by atoms with Crippen molar-refractivity contribution in [3.63, 3.8) is 0 Å². The number of rotatable bonds is 4. The van der Waals surface area contributed by atoms with E-state index in [0.29, 0.717) is 28.1 Å². The summed E-state index contributed by atoms with van der Waals surface area (Å²) >= 11 is 0. The molecule has 2 aromatic rings. The minimum atomic E-state index is -2.80. The lowest BCUT2D eigenvalue weighted by molar-refractivity contribution is 0.624. The van der Waals surface area contributed by atoms with E-state index in [-0.39, 0.29) is 11.3 Å². The molecule has 0 unspecified atom stereocenters. The summed E-state index contributed by atoms with van der Waals surface area (Å²) in [4.78, 5) is 4.62. The number of aromatic nitrogens is 1. The second-order valence-corrected chi connectivity index (χ2v) is 7.07. The van der Waals surface area contributed by atoms with Crippen molar-refractivity contribution in [1.82, 2.24) is 4.48 Å². The van der Waals surface area contributed by atoms with Gasteiger partial charge in [-0.3, -0.25) is 13.6 Å². The fraction of sp³-hybridized carbons (Fsp3) is 0.174. The third-order valence-corrected chi connectivity index (χ3v) is 5.10. The molecule has 1 aliphatic heterocycles. The van der Waals surface area contributed by atoms with Crippen LogP contribution in [0.3, 0.4) is 0 Å². The molecule has 0 saturated carbocycles. The molecule has 3 rings (SSSR count). The first-order valence-electron chi connectivity index (χ1n) is 9.35. The Kier molecular flexibility index (Phi) is 5.85. The number of hydrogen-bond acceptors (Lipinski definition) is 3. The zero-order valence-corrected chi connectivity index (χ0v) is 17.2. The molecule has 0 aliphatic carbocycles. The molecule has 0 amide bonds. The van der Waals surface area contributed by atoms with Gasteiger partial charge in [-0.2, -0.15) is 10.5 Å². The fourth-order valence-electron chi connectivity index (χ4n) is 3.80. The molecule has 7 heteroatoms. The van der Waals surface area contributed by atoms with Crippen molar-refractivity contribution in [3.05, 3.63) is 81.3 Å². The van der Waals surface area contributed by atoms with E-state index in [1.165, 1.54) is 6.08 Å². The van der Waals surface area contributed by atoms with E-state index < -0.39 is 7.40 Å². The maximum atomic E-state index is 14.3. The van der Waals surface area contributed by atoms with Crippen molar-refractivity contribution in [2.24, 2.45) is 4.99 Å². The van der Waals surface area contributed by atoms with Gasteiger partial charge < -0.3 is 4.48 Å². The van der Waals surface area contributed by atoms with Crippen LogP contribution < -0.4 is 0 Å². The van der Waals surface area contributed by atoms with E-state index in [1.54, 1.807) is 26.0 Å². The van der Waals surface area contributed by atoms with Crippen molar-refractivity contribution in [2.45, 2.75) is 27.7 Å². The zero-order valence-electron chi connectivity index (χ0n) is 17.2. The van der Waals surface area contributed by atoms with Crippen LogP contribution in [0.2, 0.25) is 0 Å². The minimum Gasteiger partial charge on any atom is -0.328 e. The molecule has 4 nitrogen and oxygen atoms in total. The predicted octanol–water partition coefficient (Wildman–Crippen LogP) is 5.49. The van der Waals surface area contributed by atoms with Crippen LogP contribution >= 0.6 is 0 Å². The largest absolute Gasteiger partial charge is 0.677 e. The molecule has 1 aliphatic rings. The smallest absolute Gasteiger partial charge is 0.328 e. The molecule has 148 valence electrons. The van der Waals surface area contributed by atoms with Crippen LogP contribution in [-0.2, 0) is 0 Å². The second kappa shape index (κ2) is 8.35. The normalized spacial score (nSPS) is 14.4. The van der Waals surface area contributed by atoms with Gasteiger partial charge >= 0.3 is 7.40 Å². The molecule has 0 radical (unpaired) electrons. The Morgan fingerprint density at radius 1 is 1.07 bits per heavy atom. The first-order valence-corrected chi connectivity index (χ1v) is 9.35. The molecular weight excluding hydrogens is 381 g/mol.